The molecule has 0 saturated carbocycles. The molecule has 19 heavy (non-hydrogen) atoms. The molecule has 98 valence electrons. The van der Waals surface area contributed by atoms with Crippen LogP contribution in [0.3, 0.4) is 0 Å². The van der Waals surface area contributed by atoms with Crippen molar-refractivity contribution in [2.45, 2.75) is 9.92 Å². The second-order valence-corrected chi connectivity index (χ2v) is 5.42. The van der Waals surface area contributed by atoms with E-state index in [4.69, 9.17) is 0 Å². The Morgan fingerprint density at radius 3 is 2.84 bits per heavy atom. The molecule has 0 spiro atoms. The lowest BCUT2D eigenvalue weighted by atomic mass is 10.4. The van der Waals surface area contributed by atoms with Crippen LogP contribution in [0.5, 0.6) is 0 Å². The van der Waals surface area contributed by atoms with Gasteiger partial charge in [-0.1, -0.05) is 33.8 Å². The minimum atomic E-state index is -0.480. The fourth-order valence-electron chi connectivity index (χ4n) is 1.43. The fourth-order valence-corrected chi connectivity index (χ4v) is 2.90. The molecule has 1 aromatic carbocycles. The number of nitrogens with one attached hydrogen (secondary N) is 1. The SMILES string of the molecule is CNc1ncnc(Sc2cccc(Br)c2)c1[N+](=O)[O-]. The topological polar surface area (TPSA) is 81.0 Å². The zero-order valence-electron chi connectivity index (χ0n) is 9.83. The molecule has 0 radical (unpaired) electrons. The monoisotopic (exact) mass is 340 g/mol. The average molecular weight is 341 g/mol. The van der Waals surface area contributed by atoms with E-state index in [1.165, 1.54) is 18.1 Å². The molecule has 0 unspecified atom stereocenters. The number of hydrogen-bond donors (Lipinski definition) is 1. The zero-order valence-corrected chi connectivity index (χ0v) is 12.2. The molecule has 6 nitrogen and oxygen atoms in total. The van der Waals surface area contributed by atoms with Gasteiger partial charge < -0.3 is 5.32 Å². The fraction of sp³-hybridized carbons (Fsp3) is 0.0909. The standard InChI is InChI=1S/C11H9BrN4O2S/c1-13-10-9(16(17)18)11(15-6-14-10)19-8-4-2-3-7(12)5-8/h2-6H,1H3,(H,13,14,15). The van der Waals surface area contributed by atoms with Crippen LogP contribution in [0.4, 0.5) is 11.5 Å². The molecule has 1 N–H and O–H groups in total. The molecule has 1 heterocycles. The van der Waals surface area contributed by atoms with Crippen LogP contribution in [-0.2, 0) is 0 Å². The quantitative estimate of drug-likeness (QED) is 0.522. The van der Waals surface area contributed by atoms with Gasteiger partial charge in [0.2, 0.25) is 5.82 Å². The van der Waals surface area contributed by atoms with Gasteiger partial charge in [0.1, 0.15) is 6.33 Å². The van der Waals surface area contributed by atoms with E-state index in [0.717, 1.165) is 9.37 Å². The molecule has 8 heteroatoms. The van der Waals surface area contributed by atoms with Gasteiger partial charge >= 0.3 is 5.69 Å². The van der Waals surface area contributed by atoms with Crippen LogP contribution in [-0.4, -0.2) is 21.9 Å². The normalized spacial score (nSPS) is 10.2. The lowest BCUT2D eigenvalue weighted by Gasteiger charge is -2.05. The van der Waals surface area contributed by atoms with E-state index in [2.05, 4.69) is 31.2 Å². The van der Waals surface area contributed by atoms with Gasteiger partial charge in [-0.3, -0.25) is 10.1 Å². The van der Waals surface area contributed by atoms with Crippen LogP contribution in [0.15, 0.2) is 45.0 Å². The summed E-state index contributed by atoms with van der Waals surface area (Å²) in [6.07, 6.45) is 1.30. The summed E-state index contributed by atoms with van der Waals surface area (Å²) >= 11 is 4.58. The largest absolute Gasteiger partial charge is 0.367 e. The highest BCUT2D eigenvalue weighted by Gasteiger charge is 2.22. The number of halogens is 1. The highest BCUT2D eigenvalue weighted by atomic mass is 79.9. The van der Waals surface area contributed by atoms with Crippen LogP contribution in [0.25, 0.3) is 0 Å². The van der Waals surface area contributed by atoms with E-state index in [1.807, 2.05) is 24.3 Å². The van der Waals surface area contributed by atoms with E-state index in [-0.39, 0.29) is 11.5 Å². The first-order valence-corrected chi connectivity index (χ1v) is 6.83. The third-order valence-electron chi connectivity index (χ3n) is 2.22. The number of nitro groups is 1. The van der Waals surface area contributed by atoms with Gasteiger partial charge in [0.15, 0.2) is 5.03 Å². The Kier molecular flexibility index (Phi) is 4.33. The van der Waals surface area contributed by atoms with E-state index >= 15 is 0 Å². The van der Waals surface area contributed by atoms with Crippen molar-refractivity contribution in [3.8, 4) is 0 Å². The minimum absolute atomic E-state index is 0.116. The van der Waals surface area contributed by atoms with Gasteiger partial charge in [-0.15, -0.1) is 0 Å². The second-order valence-electron chi connectivity index (χ2n) is 3.44. The molecule has 0 saturated heterocycles. The molecule has 2 rings (SSSR count). The van der Waals surface area contributed by atoms with Crippen molar-refractivity contribution >= 4 is 39.2 Å². The molecule has 2 aromatic rings. The Morgan fingerprint density at radius 2 is 2.21 bits per heavy atom. The molecule has 0 fully saturated rings. The van der Waals surface area contributed by atoms with Gasteiger partial charge in [-0.05, 0) is 18.2 Å². The van der Waals surface area contributed by atoms with Crippen molar-refractivity contribution in [2.75, 3.05) is 12.4 Å². The summed E-state index contributed by atoms with van der Waals surface area (Å²) in [5.74, 6) is 0.206. The summed E-state index contributed by atoms with van der Waals surface area (Å²) in [4.78, 5) is 19.3. The Morgan fingerprint density at radius 1 is 1.42 bits per heavy atom. The Labute approximate surface area is 121 Å². The third-order valence-corrected chi connectivity index (χ3v) is 3.69. The average Bonchev–Trinajstić information content (AvgIpc) is 2.38. The van der Waals surface area contributed by atoms with E-state index < -0.39 is 4.92 Å². The smallest absolute Gasteiger partial charge is 0.343 e. The van der Waals surface area contributed by atoms with Gasteiger partial charge in [-0.2, -0.15) is 0 Å². The summed E-state index contributed by atoms with van der Waals surface area (Å²) in [7, 11) is 1.59. The molecule has 1 aromatic heterocycles. The molecular formula is C11H9BrN4O2S. The minimum Gasteiger partial charge on any atom is -0.367 e. The molecule has 0 bridgehead atoms. The van der Waals surface area contributed by atoms with Crippen molar-refractivity contribution in [3.05, 3.63) is 45.2 Å². The maximum atomic E-state index is 11.1. The van der Waals surface area contributed by atoms with Crippen molar-refractivity contribution in [1.82, 2.24) is 9.97 Å². The van der Waals surface area contributed by atoms with Crippen LogP contribution in [0, 0.1) is 10.1 Å². The van der Waals surface area contributed by atoms with E-state index in [0.29, 0.717) is 5.03 Å². The maximum absolute atomic E-state index is 11.1. The first-order valence-electron chi connectivity index (χ1n) is 5.22. The second kappa shape index (κ2) is 5.98. The third kappa shape index (κ3) is 3.21. The number of benzene rings is 1. The Balaban J connectivity index is 2.42. The van der Waals surface area contributed by atoms with Crippen LogP contribution in [0.2, 0.25) is 0 Å². The lowest BCUT2D eigenvalue weighted by Crippen LogP contribution is -2.02. The number of nitrogens with zero attached hydrogens (tertiary/aromatic N) is 3. The summed E-state index contributed by atoms with van der Waals surface area (Å²) in [5.41, 5.74) is -0.116. The Bertz CT molecular complexity index is 623. The summed E-state index contributed by atoms with van der Waals surface area (Å²) in [6.45, 7) is 0. The van der Waals surface area contributed by atoms with Crippen molar-refractivity contribution < 1.29 is 4.92 Å². The molecular weight excluding hydrogens is 332 g/mol. The summed E-state index contributed by atoms with van der Waals surface area (Å²) in [5, 5.41) is 14.1. The first-order chi connectivity index (χ1) is 9.11. The number of anilines is 1. The van der Waals surface area contributed by atoms with Gasteiger partial charge in [0, 0.05) is 16.4 Å². The number of rotatable bonds is 4. The van der Waals surface area contributed by atoms with Crippen LogP contribution >= 0.6 is 27.7 Å². The zero-order chi connectivity index (χ0) is 13.8. The maximum Gasteiger partial charge on any atom is 0.343 e. The highest BCUT2D eigenvalue weighted by molar-refractivity contribution is 9.10. The lowest BCUT2D eigenvalue weighted by molar-refractivity contribution is -0.387. The van der Waals surface area contributed by atoms with Crippen molar-refractivity contribution in [1.29, 1.82) is 0 Å². The molecule has 0 aliphatic rings. The predicted octanol–water partition coefficient (Wildman–Crippen LogP) is 3.34. The molecule has 0 amide bonds. The molecule has 0 aliphatic carbocycles. The molecule has 0 aliphatic heterocycles. The summed E-state index contributed by atoms with van der Waals surface area (Å²) < 4.78 is 0.906. The molecule has 0 atom stereocenters. The van der Waals surface area contributed by atoms with E-state index in [1.54, 1.807) is 7.05 Å². The van der Waals surface area contributed by atoms with E-state index in [9.17, 15) is 10.1 Å². The van der Waals surface area contributed by atoms with Gasteiger partial charge in [0.25, 0.3) is 0 Å². The summed E-state index contributed by atoms with van der Waals surface area (Å²) in [6, 6.07) is 7.48. The van der Waals surface area contributed by atoms with Gasteiger partial charge in [-0.25, -0.2) is 9.97 Å². The predicted molar refractivity (Wildman–Crippen MR) is 76.5 cm³/mol. The van der Waals surface area contributed by atoms with Gasteiger partial charge in [0.05, 0.1) is 4.92 Å². The van der Waals surface area contributed by atoms with Crippen molar-refractivity contribution in [3.63, 3.8) is 0 Å². The van der Waals surface area contributed by atoms with Crippen LogP contribution in [0.1, 0.15) is 0 Å². The number of aromatic nitrogens is 2. The highest BCUT2D eigenvalue weighted by Crippen LogP contribution is 2.36. The van der Waals surface area contributed by atoms with Crippen LogP contribution < -0.4 is 5.32 Å². The Hall–Kier alpha value is -1.67. The number of hydrogen-bond acceptors (Lipinski definition) is 6. The first kappa shape index (κ1) is 13.8. The van der Waals surface area contributed by atoms with Crippen molar-refractivity contribution in [2.24, 2.45) is 0 Å².